The van der Waals surface area contributed by atoms with E-state index in [-0.39, 0.29) is 52.2 Å². The predicted octanol–water partition coefficient (Wildman–Crippen LogP) is 2.68. The summed E-state index contributed by atoms with van der Waals surface area (Å²) in [5, 5.41) is -1.42. The second-order valence-corrected chi connectivity index (χ2v) is 9.05. The molecule has 0 radical (unpaired) electrons. The number of allylic oxidation sites excluding steroid dienone is 3. The number of amides is 2. The Bertz CT molecular complexity index is 2280. The first-order valence-corrected chi connectivity index (χ1v) is 13.7. The van der Waals surface area contributed by atoms with Crippen molar-refractivity contribution in [3.8, 4) is 5.82 Å². The largest absolute Gasteiger partial charge is 0.278 e. The van der Waals surface area contributed by atoms with Gasteiger partial charge in [-0.15, -0.1) is 0 Å². The molecule has 0 bridgehead atoms. The maximum atomic E-state index is 14.1. The molecule has 1 aliphatic heterocycles. The predicted molar refractivity (Wildman–Crippen MR) is 167 cm³/mol. The van der Waals surface area contributed by atoms with Gasteiger partial charge < -0.3 is 0 Å². The molecule has 0 aliphatic carbocycles. The van der Waals surface area contributed by atoms with Gasteiger partial charge in [-0.2, -0.15) is 0 Å². The van der Waals surface area contributed by atoms with Crippen LogP contribution in [0.2, 0.25) is 0 Å². The molecule has 6 rings (SSSR count). The molecule has 1 aromatic carbocycles. The van der Waals surface area contributed by atoms with Crippen LogP contribution in [0.3, 0.4) is 0 Å². The first-order valence-electron chi connectivity index (χ1n) is 13.7. The molecule has 0 spiro atoms. The van der Waals surface area contributed by atoms with Crippen molar-refractivity contribution in [1.82, 2.24) is 19.1 Å². The number of carbonyl (C=O) groups is 2. The van der Waals surface area contributed by atoms with Crippen molar-refractivity contribution in [2.45, 2.75) is 27.2 Å². The zero-order chi connectivity index (χ0) is 31.5. The van der Waals surface area contributed by atoms with Gasteiger partial charge in [-0.3, -0.25) is 28.8 Å². The third-order valence-electron chi connectivity index (χ3n) is 6.85. The number of nitrogens with zero attached hydrogens (tertiary/aromatic N) is 6. The molecule has 0 atom stereocenters. The van der Waals surface area contributed by atoms with Crippen molar-refractivity contribution in [3.05, 3.63) is 125 Å². The average Bonchev–Trinajstić information content (AvgIpc) is 3.29. The molecule has 5 heterocycles. The van der Waals surface area contributed by atoms with Gasteiger partial charge >= 0.3 is 0 Å². The van der Waals surface area contributed by atoms with Crippen LogP contribution in [-0.4, -0.2) is 37.6 Å². The fraction of sp³-hybridized carbons (Fsp3) is 0.125. The normalized spacial score (nSPS) is 12.1. The van der Waals surface area contributed by atoms with E-state index in [0.29, 0.717) is 9.47 Å². The summed E-state index contributed by atoms with van der Waals surface area (Å²) < 4.78 is 1.48. The van der Waals surface area contributed by atoms with E-state index in [4.69, 9.17) is 0 Å². The Morgan fingerprint density at radius 2 is 1.48 bits per heavy atom. The van der Waals surface area contributed by atoms with Crippen LogP contribution in [-0.2, 0) is 11.2 Å². The van der Waals surface area contributed by atoms with Crippen molar-refractivity contribution in [2.75, 3.05) is 4.90 Å². The molecule has 218 valence electrons. The van der Waals surface area contributed by atoms with Gasteiger partial charge in [-0.05, 0) is 48.4 Å². The minimum atomic E-state index is -1.00. The molecule has 0 saturated heterocycles. The first-order chi connectivity index (χ1) is 21.4. The van der Waals surface area contributed by atoms with Gasteiger partial charge in [0.1, 0.15) is 11.6 Å². The van der Waals surface area contributed by atoms with Crippen LogP contribution < -0.4 is 27.1 Å². The summed E-state index contributed by atoms with van der Waals surface area (Å²) >= 11 is 0. The molecule has 44 heavy (non-hydrogen) atoms. The Hall–Kier alpha value is -6.13. The van der Waals surface area contributed by atoms with Gasteiger partial charge in [0.15, 0.2) is 5.82 Å². The minimum Gasteiger partial charge on any atom is -0.278 e. The average molecular weight is 589 g/mol. The van der Waals surface area contributed by atoms with Gasteiger partial charge in [0.05, 0.1) is 27.1 Å². The quantitative estimate of drug-likeness (QED) is 0.217. The summed E-state index contributed by atoms with van der Waals surface area (Å²) in [4.78, 5) is 95.1. The molecule has 0 saturated carbocycles. The number of benzene rings is 1. The maximum Gasteiger partial charge on any atom is 0.268 e. The lowest BCUT2D eigenvalue weighted by molar-refractivity contribution is -0.107. The minimum absolute atomic E-state index is 0.00547. The smallest absolute Gasteiger partial charge is 0.268 e. The van der Waals surface area contributed by atoms with Gasteiger partial charge in [0.25, 0.3) is 28.1 Å². The van der Waals surface area contributed by atoms with Crippen molar-refractivity contribution >= 4 is 51.7 Å². The zero-order valence-corrected chi connectivity index (χ0v) is 23.8. The topological polar surface area (TPSA) is 154 Å². The number of fused-ring (bicyclic) bond motifs is 3. The zero-order valence-electron chi connectivity index (χ0n) is 23.8. The highest BCUT2D eigenvalue weighted by Crippen LogP contribution is 2.30. The molecule has 0 fully saturated rings. The molecule has 0 N–H and O–H groups in total. The van der Waals surface area contributed by atoms with E-state index in [0.717, 1.165) is 4.57 Å². The lowest BCUT2D eigenvalue weighted by Crippen LogP contribution is -2.32. The number of aryl methyl sites for hydroxylation is 1. The van der Waals surface area contributed by atoms with Crippen LogP contribution >= 0.6 is 0 Å². The monoisotopic (exact) mass is 588 g/mol. The number of pyridine rings is 2. The second kappa shape index (κ2) is 12.0. The number of anilines is 1. The Morgan fingerprint density at radius 3 is 2.11 bits per heavy atom. The number of hydrogen-bond acceptors (Lipinski definition) is 9. The van der Waals surface area contributed by atoms with Crippen molar-refractivity contribution < 1.29 is 9.59 Å². The van der Waals surface area contributed by atoms with Crippen LogP contribution in [0, 0.1) is 0 Å². The molecule has 12 nitrogen and oxygen atoms in total. The maximum absolute atomic E-state index is 14.1. The van der Waals surface area contributed by atoms with Crippen LogP contribution in [0.1, 0.15) is 36.7 Å². The third-order valence-corrected chi connectivity index (χ3v) is 6.85. The number of carbonyl (C=O) groups excluding carboxylic acids is 2. The summed E-state index contributed by atoms with van der Waals surface area (Å²) in [7, 11) is 0. The molecule has 4 aromatic heterocycles. The van der Waals surface area contributed by atoms with Gasteiger partial charge in [0, 0.05) is 18.6 Å². The summed E-state index contributed by atoms with van der Waals surface area (Å²) in [5.74, 6) is -1.25. The molecular weight excluding hydrogens is 564 g/mol. The van der Waals surface area contributed by atoms with E-state index in [1.807, 2.05) is 13.8 Å². The lowest BCUT2D eigenvalue weighted by Gasteiger charge is -2.17. The van der Waals surface area contributed by atoms with E-state index >= 15 is 0 Å². The fourth-order valence-electron chi connectivity index (χ4n) is 5.11. The molecule has 12 heteroatoms. The summed E-state index contributed by atoms with van der Waals surface area (Å²) in [6.45, 7) is 5.62. The molecule has 0 unspecified atom stereocenters. The first kappa shape index (κ1) is 29.4. The summed E-state index contributed by atoms with van der Waals surface area (Å²) in [6.07, 6.45) is 8.90. The third kappa shape index (κ3) is 4.46. The number of hydrogen-bond donors (Lipinski definition) is 0. The van der Waals surface area contributed by atoms with Crippen LogP contribution in [0.5, 0.6) is 0 Å². The fourth-order valence-corrected chi connectivity index (χ4v) is 5.11. The molecular formula is C32H24N6O6. The number of aromatic nitrogens is 4. The molecule has 1 aliphatic rings. The van der Waals surface area contributed by atoms with E-state index < -0.39 is 38.9 Å². The summed E-state index contributed by atoms with van der Waals surface area (Å²) in [5.41, 5.74) is -1.26. The van der Waals surface area contributed by atoms with E-state index in [1.165, 1.54) is 36.8 Å². The number of imide groups is 1. The van der Waals surface area contributed by atoms with Gasteiger partial charge in [-0.1, -0.05) is 44.7 Å². The van der Waals surface area contributed by atoms with Gasteiger partial charge in [0.2, 0.25) is 6.41 Å². The van der Waals surface area contributed by atoms with Crippen molar-refractivity contribution in [2.24, 2.45) is 4.99 Å². The molecule has 5 aromatic rings. The van der Waals surface area contributed by atoms with Gasteiger partial charge in [-0.25, -0.2) is 29.0 Å². The van der Waals surface area contributed by atoms with Crippen LogP contribution in [0.4, 0.5) is 5.82 Å². The lowest BCUT2D eigenvalue weighted by atomic mass is 9.93. The Balaban J connectivity index is 0.00000188. The van der Waals surface area contributed by atoms with Crippen molar-refractivity contribution in [3.63, 3.8) is 0 Å². The van der Waals surface area contributed by atoms with Crippen LogP contribution in [0.15, 0.2) is 96.9 Å². The van der Waals surface area contributed by atoms with Crippen molar-refractivity contribution in [1.29, 1.82) is 0 Å². The van der Waals surface area contributed by atoms with E-state index in [9.17, 15) is 28.8 Å². The Kier molecular flexibility index (Phi) is 8.01. The highest BCUT2D eigenvalue weighted by molar-refractivity contribution is 6.25. The summed E-state index contributed by atoms with van der Waals surface area (Å²) in [6, 6.07) is 9.17. The van der Waals surface area contributed by atoms with E-state index in [2.05, 4.69) is 20.7 Å². The Labute approximate surface area is 248 Å². The highest BCUT2D eigenvalue weighted by Gasteiger charge is 2.34. The van der Waals surface area contributed by atoms with Crippen LogP contribution in [0.25, 0.3) is 33.2 Å². The molecule has 2 amide bonds. The standard InChI is InChI=1S/C30H18N6O6.C2H6/c1-2-17-21(26(38)34(16-37)18-10-5-8-14-31-18)23-25(30(42)36(28(23)40)19-11-4-3-7-13-32-19)24-22(17)27(39)35(29(24)41)20-12-6-9-15-33-20;1-2/h3-10,12-16H,2H2,1H3;1-2H3. The highest BCUT2D eigenvalue weighted by atomic mass is 16.2. The Morgan fingerprint density at radius 1 is 0.841 bits per heavy atom. The number of aliphatic imine (C=N–C) groups is 1. The second-order valence-electron chi connectivity index (χ2n) is 9.05. The number of rotatable bonds is 6. The SMILES string of the molecule is CC.CCc1c(C(=O)N(C=O)c2ccccn2)c2c(=O)n(C3=C=CC=CC=N3)c(=O)c2c2c(=O)n(-c3ccccn3)c(=O)c12. The van der Waals surface area contributed by atoms with E-state index in [1.54, 1.807) is 43.3 Å².